The summed E-state index contributed by atoms with van der Waals surface area (Å²) in [7, 11) is 0. The third-order valence-corrected chi connectivity index (χ3v) is 4.11. The van der Waals surface area contributed by atoms with Crippen molar-refractivity contribution in [1.29, 1.82) is 0 Å². The molecule has 0 saturated heterocycles. The second-order valence-electron chi connectivity index (χ2n) is 6.23. The van der Waals surface area contributed by atoms with Crippen LogP contribution in [-0.4, -0.2) is 4.57 Å². The quantitative estimate of drug-likeness (QED) is 0.626. The van der Waals surface area contributed by atoms with Gasteiger partial charge < -0.3 is 9.30 Å². The van der Waals surface area contributed by atoms with Gasteiger partial charge in [0.25, 0.3) is 0 Å². The lowest BCUT2D eigenvalue weighted by molar-refractivity contribution is 0.305. The highest BCUT2D eigenvalue weighted by molar-refractivity contribution is 5.84. The van der Waals surface area contributed by atoms with E-state index in [0.717, 1.165) is 5.75 Å². The number of benzene rings is 2. The van der Waals surface area contributed by atoms with E-state index >= 15 is 0 Å². The molecule has 0 aliphatic carbocycles. The van der Waals surface area contributed by atoms with E-state index in [1.54, 1.807) is 0 Å². The minimum absolute atomic E-state index is 0.441. The molecule has 2 aromatic carbocycles. The lowest BCUT2D eigenvalue weighted by Crippen LogP contribution is -1.99. The molecule has 0 saturated carbocycles. The third-order valence-electron chi connectivity index (χ3n) is 4.11. The van der Waals surface area contributed by atoms with Crippen LogP contribution in [0.5, 0.6) is 5.75 Å². The van der Waals surface area contributed by atoms with Crippen LogP contribution in [0, 0.1) is 13.8 Å². The molecule has 0 radical (unpaired) electrons. The van der Waals surface area contributed by atoms with Crippen LogP contribution in [0.1, 0.15) is 36.6 Å². The fraction of sp³-hybridized carbons (Fsp3) is 0.300. The Bertz CT molecular complexity index is 799. The molecule has 1 aromatic heterocycles. The van der Waals surface area contributed by atoms with Crippen LogP contribution in [0.25, 0.3) is 10.9 Å². The van der Waals surface area contributed by atoms with Gasteiger partial charge >= 0.3 is 0 Å². The average molecular weight is 293 g/mol. The molecule has 114 valence electrons. The summed E-state index contributed by atoms with van der Waals surface area (Å²) in [6, 6.07) is 15.2. The Kier molecular flexibility index (Phi) is 3.93. The largest absolute Gasteiger partial charge is 0.489 e. The molecule has 0 bridgehead atoms. The Morgan fingerprint density at radius 3 is 2.55 bits per heavy atom. The van der Waals surface area contributed by atoms with Crippen molar-refractivity contribution in [3.05, 3.63) is 65.4 Å². The number of aromatic nitrogens is 1. The first kappa shape index (κ1) is 14.7. The number of aryl methyl sites for hydroxylation is 2. The van der Waals surface area contributed by atoms with Gasteiger partial charge in [0.1, 0.15) is 12.4 Å². The van der Waals surface area contributed by atoms with Gasteiger partial charge in [0.05, 0.1) is 0 Å². The first-order valence-electron chi connectivity index (χ1n) is 7.85. The van der Waals surface area contributed by atoms with E-state index in [0.29, 0.717) is 12.6 Å². The van der Waals surface area contributed by atoms with Crippen LogP contribution in [0.15, 0.2) is 48.7 Å². The normalized spacial score (nSPS) is 11.3. The summed E-state index contributed by atoms with van der Waals surface area (Å²) in [4.78, 5) is 0. The average Bonchev–Trinajstić information content (AvgIpc) is 2.84. The maximum atomic E-state index is 6.04. The monoisotopic (exact) mass is 293 g/mol. The van der Waals surface area contributed by atoms with Crippen LogP contribution in [-0.2, 0) is 6.61 Å². The summed E-state index contributed by atoms with van der Waals surface area (Å²) in [6.07, 6.45) is 2.23. The SMILES string of the molecule is Cc1ccc2c(COc3ccccc3C)cn(C(C)C)c2c1. The molecule has 0 aliphatic heterocycles. The highest BCUT2D eigenvalue weighted by Gasteiger charge is 2.11. The number of ether oxygens (including phenoxy) is 1. The summed E-state index contributed by atoms with van der Waals surface area (Å²) in [5, 5.41) is 1.29. The van der Waals surface area contributed by atoms with Gasteiger partial charge in [-0.1, -0.05) is 30.3 Å². The molecule has 0 amide bonds. The van der Waals surface area contributed by atoms with E-state index in [4.69, 9.17) is 4.74 Å². The van der Waals surface area contributed by atoms with Gasteiger partial charge in [-0.05, 0) is 51.0 Å². The van der Waals surface area contributed by atoms with Gasteiger partial charge in [-0.2, -0.15) is 0 Å². The molecule has 0 spiro atoms. The minimum atomic E-state index is 0.441. The number of rotatable bonds is 4. The van der Waals surface area contributed by atoms with E-state index in [1.165, 1.54) is 27.6 Å². The predicted octanol–water partition coefficient (Wildman–Crippen LogP) is 5.42. The van der Waals surface area contributed by atoms with Gasteiger partial charge in [-0.15, -0.1) is 0 Å². The summed E-state index contributed by atoms with van der Waals surface area (Å²) in [6.45, 7) is 9.25. The molecular weight excluding hydrogens is 270 g/mol. The van der Waals surface area contributed by atoms with Crippen molar-refractivity contribution in [2.24, 2.45) is 0 Å². The number of nitrogens with zero attached hydrogens (tertiary/aromatic N) is 1. The number of hydrogen-bond donors (Lipinski definition) is 0. The van der Waals surface area contributed by atoms with Crippen molar-refractivity contribution < 1.29 is 4.74 Å². The molecule has 2 nitrogen and oxygen atoms in total. The molecule has 0 fully saturated rings. The standard InChI is InChI=1S/C20H23NO/c1-14(2)21-12-17(18-10-9-15(3)11-19(18)21)13-22-20-8-6-5-7-16(20)4/h5-12,14H,13H2,1-4H3. The maximum Gasteiger partial charge on any atom is 0.122 e. The van der Waals surface area contributed by atoms with Crippen LogP contribution in [0.4, 0.5) is 0 Å². The second kappa shape index (κ2) is 5.88. The highest BCUT2D eigenvalue weighted by Crippen LogP contribution is 2.27. The van der Waals surface area contributed by atoms with Gasteiger partial charge in [0, 0.05) is 28.7 Å². The van der Waals surface area contributed by atoms with E-state index < -0.39 is 0 Å². The number of fused-ring (bicyclic) bond motifs is 1. The lowest BCUT2D eigenvalue weighted by Gasteiger charge is -2.09. The first-order chi connectivity index (χ1) is 10.6. The topological polar surface area (TPSA) is 14.2 Å². The fourth-order valence-electron chi connectivity index (χ4n) is 2.85. The zero-order valence-corrected chi connectivity index (χ0v) is 13.8. The van der Waals surface area contributed by atoms with Crippen molar-refractivity contribution in [2.45, 2.75) is 40.3 Å². The van der Waals surface area contributed by atoms with Crippen molar-refractivity contribution in [2.75, 3.05) is 0 Å². The molecule has 22 heavy (non-hydrogen) atoms. The van der Waals surface area contributed by atoms with Gasteiger partial charge in [-0.3, -0.25) is 0 Å². The minimum Gasteiger partial charge on any atom is -0.489 e. The summed E-state index contributed by atoms with van der Waals surface area (Å²) >= 11 is 0. The molecule has 0 N–H and O–H groups in total. The Balaban J connectivity index is 1.96. The molecule has 2 heteroatoms. The fourth-order valence-corrected chi connectivity index (χ4v) is 2.85. The van der Waals surface area contributed by atoms with Gasteiger partial charge in [0.2, 0.25) is 0 Å². The Labute approximate surface area is 132 Å². The number of para-hydroxylation sites is 1. The molecule has 3 aromatic rings. The Morgan fingerprint density at radius 1 is 1.05 bits per heavy atom. The summed E-state index contributed by atoms with van der Waals surface area (Å²) in [5.41, 5.74) is 5.00. The van der Waals surface area contributed by atoms with Crippen molar-refractivity contribution in [3.8, 4) is 5.75 Å². The van der Waals surface area contributed by atoms with Crippen LogP contribution in [0.3, 0.4) is 0 Å². The maximum absolute atomic E-state index is 6.04. The zero-order valence-electron chi connectivity index (χ0n) is 13.8. The van der Waals surface area contributed by atoms with Gasteiger partial charge in [0.15, 0.2) is 0 Å². The van der Waals surface area contributed by atoms with E-state index in [-0.39, 0.29) is 0 Å². The third kappa shape index (κ3) is 2.74. The van der Waals surface area contributed by atoms with Crippen molar-refractivity contribution in [1.82, 2.24) is 4.57 Å². The highest BCUT2D eigenvalue weighted by atomic mass is 16.5. The molecule has 0 atom stereocenters. The van der Waals surface area contributed by atoms with E-state index in [1.807, 2.05) is 18.2 Å². The van der Waals surface area contributed by atoms with Crippen molar-refractivity contribution >= 4 is 10.9 Å². The molecule has 0 unspecified atom stereocenters. The van der Waals surface area contributed by atoms with Crippen LogP contribution < -0.4 is 4.74 Å². The molecular formula is C20H23NO. The summed E-state index contributed by atoms with van der Waals surface area (Å²) in [5.74, 6) is 0.958. The number of hydrogen-bond acceptors (Lipinski definition) is 1. The molecule has 0 aliphatic rings. The van der Waals surface area contributed by atoms with Gasteiger partial charge in [-0.25, -0.2) is 0 Å². The Morgan fingerprint density at radius 2 is 1.82 bits per heavy atom. The second-order valence-corrected chi connectivity index (χ2v) is 6.23. The molecule has 3 rings (SSSR count). The zero-order chi connectivity index (χ0) is 15.7. The smallest absolute Gasteiger partial charge is 0.122 e. The predicted molar refractivity (Wildman–Crippen MR) is 92.6 cm³/mol. The van der Waals surface area contributed by atoms with Crippen LogP contribution in [0.2, 0.25) is 0 Å². The van der Waals surface area contributed by atoms with E-state index in [9.17, 15) is 0 Å². The first-order valence-corrected chi connectivity index (χ1v) is 7.85. The van der Waals surface area contributed by atoms with Crippen LogP contribution >= 0.6 is 0 Å². The van der Waals surface area contributed by atoms with Crippen molar-refractivity contribution in [3.63, 3.8) is 0 Å². The van der Waals surface area contributed by atoms with E-state index in [2.05, 4.69) is 62.7 Å². The summed E-state index contributed by atoms with van der Waals surface area (Å²) < 4.78 is 8.37. The lowest BCUT2D eigenvalue weighted by atomic mass is 10.1. The Hall–Kier alpha value is -2.22. The molecule has 1 heterocycles.